The van der Waals surface area contributed by atoms with Crippen LogP contribution < -0.4 is 4.74 Å². The highest BCUT2D eigenvalue weighted by molar-refractivity contribution is 6.06. The predicted octanol–water partition coefficient (Wildman–Crippen LogP) is 4.65. The number of ether oxygens (including phenoxy) is 1. The lowest BCUT2D eigenvalue weighted by Gasteiger charge is -2.31. The molecule has 2 aromatic rings. The summed E-state index contributed by atoms with van der Waals surface area (Å²) >= 11 is 0. The van der Waals surface area contributed by atoms with Gasteiger partial charge in [0.15, 0.2) is 5.78 Å². The summed E-state index contributed by atoms with van der Waals surface area (Å²) in [5.74, 6) is 0.522. The Labute approximate surface area is 164 Å². The Balaban J connectivity index is 1.86. The molecule has 4 nitrogen and oxygen atoms in total. The number of carbonyl (C=O) groups is 1. The van der Waals surface area contributed by atoms with Gasteiger partial charge in [0.05, 0.1) is 18.9 Å². The molecular formula is C23H23FN2O2. The van der Waals surface area contributed by atoms with Crippen LogP contribution >= 0.6 is 0 Å². The first-order valence-electron chi connectivity index (χ1n) is 9.48. The molecule has 2 unspecified atom stereocenters. The first-order valence-corrected chi connectivity index (χ1v) is 9.48. The van der Waals surface area contributed by atoms with Gasteiger partial charge in [-0.25, -0.2) is 4.39 Å². The smallest absolute Gasteiger partial charge is 0.154 e. The number of aryl methyl sites for hydroxylation is 1. The molecule has 0 amide bonds. The van der Waals surface area contributed by atoms with Crippen LogP contribution in [0.15, 0.2) is 59.3 Å². The Morgan fingerprint density at radius 3 is 2.75 bits per heavy atom. The fourth-order valence-corrected chi connectivity index (χ4v) is 4.29. The van der Waals surface area contributed by atoms with Crippen molar-refractivity contribution in [3.05, 3.63) is 76.7 Å². The van der Waals surface area contributed by atoms with Crippen LogP contribution in [-0.2, 0) is 11.2 Å². The van der Waals surface area contributed by atoms with Gasteiger partial charge in [-0.15, -0.1) is 0 Å². The second kappa shape index (κ2) is 7.23. The Morgan fingerprint density at radius 2 is 2.04 bits per heavy atom. The van der Waals surface area contributed by atoms with Crippen molar-refractivity contribution in [2.24, 2.45) is 11.0 Å². The summed E-state index contributed by atoms with van der Waals surface area (Å²) < 4.78 is 20.1. The normalized spacial score (nSPS) is 21.1. The summed E-state index contributed by atoms with van der Waals surface area (Å²) in [7, 11) is 1.65. The number of halogens is 1. The highest BCUT2D eigenvalue weighted by Gasteiger charge is 2.43. The third-order valence-electron chi connectivity index (χ3n) is 5.53. The minimum atomic E-state index is -0.272. The molecule has 1 heterocycles. The Kier molecular flexibility index (Phi) is 4.75. The highest BCUT2D eigenvalue weighted by atomic mass is 19.1. The van der Waals surface area contributed by atoms with Crippen molar-refractivity contribution in [3.8, 4) is 5.75 Å². The number of benzene rings is 2. The van der Waals surface area contributed by atoms with Crippen LogP contribution in [0, 0.1) is 11.7 Å². The lowest BCUT2D eigenvalue weighted by molar-refractivity contribution is -0.112. The number of hydrazone groups is 1. The predicted molar refractivity (Wildman–Crippen MR) is 107 cm³/mol. The third kappa shape index (κ3) is 3.11. The van der Waals surface area contributed by atoms with Gasteiger partial charge in [0, 0.05) is 28.8 Å². The highest BCUT2D eigenvalue weighted by Crippen LogP contribution is 2.46. The first-order chi connectivity index (χ1) is 13.5. The SMILES string of the molecule is COc1ccc2c(c1)C1=NN(/C(C)=C/C(C)=O)C(c3ccccc3F)C1CC2. The molecule has 0 fully saturated rings. The zero-order valence-electron chi connectivity index (χ0n) is 16.3. The van der Waals surface area contributed by atoms with Crippen molar-refractivity contribution >= 4 is 11.5 Å². The van der Waals surface area contributed by atoms with Gasteiger partial charge < -0.3 is 4.74 Å². The molecule has 0 bridgehead atoms. The van der Waals surface area contributed by atoms with Crippen molar-refractivity contribution < 1.29 is 13.9 Å². The van der Waals surface area contributed by atoms with Crippen LogP contribution in [0.1, 0.15) is 43.0 Å². The van der Waals surface area contributed by atoms with Gasteiger partial charge in [-0.2, -0.15) is 5.10 Å². The van der Waals surface area contributed by atoms with Crippen molar-refractivity contribution in [2.75, 3.05) is 7.11 Å². The summed E-state index contributed by atoms with van der Waals surface area (Å²) in [5.41, 5.74) is 4.53. The average molecular weight is 378 g/mol. The molecule has 28 heavy (non-hydrogen) atoms. The molecule has 2 aromatic carbocycles. The van der Waals surface area contributed by atoms with Gasteiger partial charge in [-0.05, 0) is 50.5 Å². The van der Waals surface area contributed by atoms with E-state index < -0.39 is 0 Å². The summed E-state index contributed by atoms with van der Waals surface area (Å²) in [4.78, 5) is 11.7. The summed E-state index contributed by atoms with van der Waals surface area (Å²) in [6.07, 6.45) is 3.33. The summed E-state index contributed by atoms with van der Waals surface area (Å²) in [5, 5.41) is 6.70. The van der Waals surface area contributed by atoms with Gasteiger partial charge in [0.2, 0.25) is 0 Å². The Hall–Kier alpha value is -2.95. The maximum atomic E-state index is 14.7. The molecule has 5 heteroatoms. The van der Waals surface area contributed by atoms with E-state index in [1.165, 1.54) is 18.6 Å². The fraction of sp³-hybridized carbons (Fsp3) is 0.304. The molecule has 1 aliphatic carbocycles. The van der Waals surface area contributed by atoms with E-state index in [9.17, 15) is 9.18 Å². The van der Waals surface area contributed by atoms with E-state index in [-0.39, 0.29) is 23.6 Å². The zero-order chi connectivity index (χ0) is 19.8. The number of ketones is 1. The number of hydrogen-bond donors (Lipinski definition) is 0. The fourth-order valence-electron chi connectivity index (χ4n) is 4.29. The van der Waals surface area contributed by atoms with Crippen LogP contribution in [0.5, 0.6) is 5.75 Å². The molecule has 0 N–H and O–H groups in total. The minimum Gasteiger partial charge on any atom is -0.497 e. The average Bonchev–Trinajstić information content (AvgIpc) is 3.07. The van der Waals surface area contributed by atoms with E-state index in [4.69, 9.17) is 9.84 Å². The standard InChI is InChI=1S/C23H23FN2O2/c1-14(12-15(2)27)26-23(18-6-4-5-7-21(18)24)19-11-9-16-8-10-17(28-3)13-20(16)22(19)25-26/h4-8,10,12-13,19,23H,9,11H2,1-3H3/b14-12+. The topological polar surface area (TPSA) is 41.9 Å². The minimum absolute atomic E-state index is 0.0480. The lowest BCUT2D eigenvalue weighted by Crippen LogP contribution is -2.29. The summed E-state index contributed by atoms with van der Waals surface area (Å²) in [6.45, 7) is 3.36. The van der Waals surface area contributed by atoms with Gasteiger partial charge in [-0.3, -0.25) is 9.80 Å². The number of rotatable bonds is 4. The molecule has 0 aromatic heterocycles. The number of nitrogens with zero attached hydrogens (tertiary/aromatic N) is 2. The molecule has 0 radical (unpaired) electrons. The number of allylic oxidation sites excluding steroid dienone is 2. The monoisotopic (exact) mass is 378 g/mol. The molecule has 0 saturated heterocycles. The lowest BCUT2D eigenvalue weighted by atomic mass is 9.77. The molecule has 144 valence electrons. The largest absolute Gasteiger partial charge is 0.497 e. The second-order valence-corrected chi connectivity index (χ2v) is 7.36. The van der Waals surface area contributed by atoms with Crippen LogP contribution in [0.3, 0.4) is 0 Å². The van der Waals surface area contributed by atoms with Crippen molar-refractivity contribution in [2.45, 2.75) is 32.7 Å². The van der Waals surface area contributed by atoms with Crippen molar-refractivity contribution in [1.29, 1.82) is 0 Å². The molecule has 2 aliphatic rings. The van der Waals surface area contributed by atoms with E-state index in [2.05, 4.69) is 6.07 Å². The molecule has 0 saturated carbocycles. The van der Waals surface area contributed by atoms with Gasteiger partial charge in [-0.1, -0.05) is 24.3 Å². The van der Waals surface area contributed by atoms with Crippen molar-refractivity contribution in [1.82, 2.24) is 5.01 Å². The number of fused-ring (bicyclic) bond motifs is 3. The number of carbonyl (C=O) groups excluding carboxylic acids is 1. The van der Waals surface area contributed by atoms with E-state index in [0.717, 1.165) is 29.9 Å². The summed E-state index contributed by atoms with van der Waals surface area (Å²) in [6, 6.07) is 12.6. The van der Waals surface area contributed by atoms with E-state index >= 15 is 0 Å². The maximum Gasteiger partial charge on any atom is 0.154 e. The molecule has 1 aliphatic heterocycles. The van der Waals surface area contributed by atoms with Gasteiger partial charge >= 0.3 is 0 Å². The molecule has 0 spiro atoms. The maximum absolute atomic E-state index is 14.7. The Morgan fingerprint density at radius 1 is 1.25 bits per heavy atom. The molecule has 4 rings (SSSR count). The van der Waals surface area contributed by atoms with Crippen LogP contribution in [0.2, 0.25) is 0 Å². The van der Waals surface area contributed by atoms with Crippen molar-refractivity contribution in [3.63, 3.8) is 0 Å². The van der Waals surface area contributed by atoms with E-state index in [1.807, 2.05) is 36.2 Å². The third-order valence-corrected chi connectivity index (χ3v) is 5.53. The zero-order valence-corrected chi connectivity index (χ0v) is 16.3. The van der Waals surface area contributed by atoms with Gasteiger partial charge in [0.1, 0.15) is 11.6 Å². The van der Waals surface area contributed by atoms with Crippen LogP contribution in [-0.4, -0.2) is 23.6 Å². The van der Waals surface area contributed by atoms with E-state index in [1.54, 1.807) is 19.3 Å². The van der Waals surface area contributed by atoms with E-state index in [0.29, 0.717) is 11.3 Å². The number of hydrogen-bond acceptors (Lipinski definition) is 4. The number of methoxy groups -OCH3 is 1. The first kappa shape index (κ1) is 18.4. The molecule has 2 atom stereocenters. The quantitative estimate of drug-likeness (QED) is 0.727. The second-order valence-electron chi connectivity index (χ2n) is 7.36. The van der Waals surface area contributed by atoms with Crippen LogP contribution in [0.25, 0.3) is 0 Å². The van der Waals surface area contributed by atoms with Gasteiger partial charge in [0.25, 0.3) is 0 Å². The van der Waals surface area contributed by atoms with Crippen LogP contribution in [0.4, 0.5) is 4.39 Å². The Bertz CT molecular complexity index is 996. The molecular weight excluding hydrogens is 355 g/mol.